The number of nitrogens with zero attached hydrogens (tertiary/aromatic N) is 1. The average molecular weight is 431 g/mol. The minimum Gasteiger partial charge on any atom is -0.493 e. The van der Waals surface area contributed by atoms with Crippen LogP contribution in [-0.4, -0.2) is 36.8 Å². The van der Waals surface area contributed by atoms with Crippen molar-refractivity contribution >= 4 is 11.9 Å². The maximum absolute atomic E-state index is 12.4. The molecule has 1 aliphatic rings. The molecule has 2 unspecified atom stereocenters. The van der Waals surface area contributed by atoms with E-state index in [4.69, 9.17) is 18.7 Å². The fourth-order valence-corrected chi connectivity index (χ4v) is 3.77. The Morgan fingerprint density at radius 3 is 2.65 bits per heavy atom. The number of ether oxygens (including phenoxy) is 3. The Labute approximate surface area is 182 Å². The van der Waals surface area contributed by atoms with Crippen LogP contribution >= 0.6 is 0 Å². The van der Waals surface area contributed by atoms with Crippen LogP contribution in [0.15, 0.2) is 22.7 Å². The highest BCUT2D eigenvalue weighted by atomic mass is 16.5. The van der Waals surface area contributed by atoms with Crippen LogP contribution in [0.25, 0.3) is 0 Å². The van der Waals surface area contributed by atoms with Gasteiger partial charge in [-0.25, -0.2) is 4.79 Å². The SMILES string of the molecule is COc1cc(C(=O)OCC(=O)NC2CCCCC2C)ccc1OCc1c(C)noc1C. The van der Waals surface area contributed by atoms with E-state index in [1.807, 2.05) is 13.8 Å². The highest BCUT2D eigenvalue weighted by molar-refractivity contribution is 5.92. The van der Waals surface area contributed by atoms with Crippen molar-refractivity contribution in [1.29, 1.82) is 0 Å². The number of rotatable bonds is 8. The van der Waals surface area contributed by atoms with Gasteiger partial charge in [0.25, 0.3) is 5.91 Å². The first-order chi connectivity index (χ1) is 14.9. The van der Waals surface area contributed by atoms with E-state index < -0.39 is 5.97 Å². The lowest BCUT2D eigenvalue weighted by atomic mass is 9.86. The molecule has 0 aliphatic heterocycles. The van der Waals surface area contributed by atoms with Gasteiger partial charge in [-0.3, -0.25) is 4.79 Å². The van der Waals surface area contributed by atoms with Gasteiger partial charge in [-0.1, -0.05) is 24.9 Å². The number of carbonyl (C=O) groups is 2. The first-order valence-corrected chi connectivity index (χ1v) is 10.6. The van der Waals surface area contributed by atoms with Crippen LogP contribution in [0.5, 0.6) is 11.5 Å². The summed E-state index contributed by atoms with van der Waals surface area (Å²) in [6.07, 6.45) is 4.38. The van der Waals surface area contributed by atoms with Gasteiger partial charge in [-0.05, 0) is 50.8 Å². The third-order valence-corrected chi connectivity index (χ3v) is 5.74. The molecule has 0 spiro atoms. The zero-order chi connectivity index (χ0) is 22.4. The molecule has 0 bridgehead atoms. The lowest BCUT2D eigenvalue weighted by Gasteiger charge is -2.29. The number of carbonyl (C=O) groups excluding carboxylic acids is 2. The third-order valence-electron chi connectivity index (χ3n) is 5.74. The van der Waals surface area contributed by atoms with Crippen molar-refractivity contribution in [1.82, 2.24) is 10.5 Å². The molecule has 1 N–H and O–H groups in total. The molecule has 168 valence electrons. The fraction of sp³-hybridized carbons (Fsp3) is 0.522. The highest BCUT2D eigenvalue weighted by Crippen LogP contribution is 2.30. The minimum absolute atomic E-state index is 0.147. The predicted molar refractivity (Wildman–Crippen MR) is 113 cm³/mol. The van der Waals surface area contributed by atoms with Crippen LogP contribution in [0.1, 0.15) is 60.0 Å². The first-order valence-electron chi connectivity index (χ1n) is 10.6. The van der Waals surface area contributed by atoms with Gasteiger partial charge in [0.15, 0.2) is 18.1 Å². The highest BCUT2D eigenvalue weighted by Gasteiger charge is 2.23. The zero-order valence-electron chi connectivity index (χ0n) is 18.5. The average Bonchev–Trinajstić information content (AvgIpc) is 3.09. The molecule has 3 rings (SSSR count). The molecule has 1 fully saturated rings. The summed E-state index contributed by atoms with van der Waals surface area (Å²) in [6.45, 7) is 5.75. The first kappa shape index (κ1) is 22.7. The second kappa shape index (κ2) is 10.3. The molecule has 1 amide bonds. The Hall–Kier alpha value is -3.03. The van der Waals surface area contributed by atoms with E-state index in [2.05, 4.69) is 17.4 Å². The Morgan fingerprint density at radius 1 is 1.19 bits per heavy atom. The monoisotopic (exact) mass is 430 g/mol. The van der Waals surface area contributed by atoms with Gasteiger partial charge in [0.05, 0.1) is 23.9 Å². The van der Waals surface area contributed by atoms with Crippen molar-refractivity contribution < 1.29 is 28.3 Å². The van der Waals surface area contributed by atoms with E-state index in [0.29, 0.717) is 23.2 Å². The number of amides is 1. The molecule has 8 nitrogen and oxygen atoms in total. The summed E-state index contributed by atoms with van der Waals surface area (Å²) in [5.74, 6) is 1.12. The summed E-state index contributed by atoms with van der Waals surface area (Å²) in [5.41, 5.74) is 1.90. The Balaban J connectivity index is 1.55. The maximum Gasteiger partial charge on any atom is 0.338 e. The van der Waals surface area contributed by atoms with E-state index in [0.717, 1.165) is 30.5 Å². The van der Waals surface area contributed by atoms with Crippen molar-refractivity contribution in [2.24, 2.45) is 5.92 Å². The number of aryl methyl sites for hydroxylation is 2. The number of methoxy groups -OCH3 is 1. The lowest BCUT2D eigenvalue weighted by molar-refractivity contribution is -0.125. The third kappa shape index (κ3) is 5.77. The van der Waals surface area contributed by atoms with Crippen LogP contribution in [0.2, 0.25) is 0 Å². The summed E-state index contributed by atoms with van der Waals surface area (Å²) in [5, 5.41) is 6.88. The summed E-state index contributed by atoms with van der Waals surface area (Å²) in [6, 6.07) is 4.90. The second-order valence-corrected chi connectivity index (χ2v) is 7.97. The molecule has 1 saturated carbocycles. The molecule has 31 heavy (non-hydrogen) atoms. The molecule has 0 radical (unpaired) electrons. The smallest absolute Gasteiger partial charge is 0.338 e. The van der Waals surface area contributed by atoms with Crippen LogP contribution in [0.4, 0.5) is 0 Å². The molecule has 2 atom stereocenters. The summed E-state index contributed by atoms with van der Waals surface area (Å²) < 4.78 is 21.5. The van der Waals surface area contributed by atoms with Gasteiger partial charge in [0.2, 0.25) is 0 Å². The fourth-order valence-electron chi connectivity index (χ4n) is 3.77. The van der Waals surface area contributed by atoms with Crippen LogP contribution in [0, 0.1) is 19.8 Å². The largest absolute Gasteiger partial charge is 0.493 e. The minimum atomic E-state index is -0.595. The topological polar surface area (TPSA) is 99.9 Å². The quantitative estimate of drug-likeness (QED) is 0.637. The molecule has 1 aliphatic carbocycles. The normalized spacial score (nSPS) is 18.3. The summed E-state index contributed by atoms with van der Waals surface area (Å²) in [7, 11) is 1.49. The van der Waals surface area contributed by atoms with Gasteiger partial charge >= 0.3 is 5.97 Å². The number of benzene rings is 1. The predicted octanol–water partition coefficient (Wildman–Crippen LogP) is 3.73. The van der Waals surface area contributed by atoms with Crippen molar-refractivity contribution in [3.05, 3.63) is 40.8 Å². The van der Waals surface area contributed by atoms with Crippen LogP contribution < -0.4 is 14.8 Å². The summed E-state index contributed by atoms with van der Waals surface area (Å²) >= 11 is 0. The lowest BCUT2D eigenvalue weighted by Crippen LogP contribution is -2.42. The molecule has 1 aromatic heterocycles. The molecule has 8 heteroatoms. The van der Waals surface area contributed by atoms with Gasteiger partial charge in [0.1, 0.15) is 12.4 Å². The van der Waals surface area contributed by atoms with E-state index in [1.165, 1.54) is 19.6 Å². The van der Waals surface area contributed by atoms with Gasteiger partial charge in [-0.15, -0.1) is 0 Å². The Morgan fingerprint density at radius 2 is 1.97 bits per heavy atom. The van der Waals surface area contributed by atoms with Gasteiger partial charge in [-0.2, -0.15) is 0 Å². The van der Waals surface area contributed by atoms with Gasteiger partial charge in [0, 0.05) is 6.04 Å². The van der Waals surface area contributed by atoms with Crippen LogP contribution in [-0.2, 0) is 16.1 Å². The number of nitrogens with one attached hydrogen (secondary N) is 1. The number of hydrogen-bond acceptors (Lipinski definition) is 7. The van der Waals surface area contributed by atoms with Crippen molar-refractivity contribution in [2.75, 3.05) is 13.7 Å². The van der Waals surface area contributed by atoms with E-state index in [9.17, 15) is 9.59 Å². The van der Waals surface area contributed by atoms with Gasteiger partial charge < -0.3 is 24.1 Å². The molecule has 1 heterocycles. The van der Waals surface area contributed by atoms with Crippen molar-refractivity contribution in [3.63, 3.8) is 0 Å². The van der Waals surface area contributed by atoms with E-state index in [1.54, 1.807) is 12.1 Å². The molecular formula is C23H30N2O6. The van der Waals surface area contributed by atoms with Crippen molar-refractivity contribution in [3.8, 4) is 11.5 Å². The molecule has 2 aromatic rings. The Bertz CT molecular complexity index is 903. The van der Waals surface area contributed by atoms with Crippen LogP contribution in [0.3, 0.4) is 0 Å². The summed E-state index contributed by atoms with van der Waals surface area (Å²) in [4.78, 5) is 24.6. The molecule has 1 aromatic carbocycles. The van der Waals surface area contributed by atoms with E-state index in [-0.39, 0.29) is 30.7 Å². The number of aromatic nitrogens is 1. The zero-order valence-corrected chi connectivity index (χ0v) is 18.5. The standard InChI is InChI=1S/C23H30N2O6/c1-14-7-5-6-8-19(14)24-22(26)13-30-23(27)17-9-10-20(21(11-17)28-4)29-12-18-15(2)25-31-16(18)3/h9-11,14,19H,5-8,12-13H2,1-4H3,(H,24,26). The number of hydrogen-bond donors (Lipinski definition) is 1. The number of esters is 1. The van der Waals surface area contributed by atoms with E-state index >= 15 is 0 Å². The molecule has 0 saturated heterocycles. The Kier molecular flexibility index (Phi) is 7.55. The maximum atomic E-state index is 12.4. The second-order valence-electron chi connectivity index (χ2n) is 7.97. The van der Waals surface area contributed by atoms with Crippen molar-refractivity contribution in [2.45, 2.75) is 59.1 Å². The molecular weight excluding hydrogens is 400 g/mol.